The molecule has 1 fully saturated rings. The molecule has 0 radical (unpaired) electrons. The first-order valence-corrected chi connectivity index (χ1v) is 10.6. The predicted molar refractivity (Wildman–Crippen MR) is 115 cm³/mol. The molecule has 0 unspecified atom stereocenters. The molecule has 0 bridgehead atoms. The van der Waals surface area contributed by atoms with E-state index in [0.29, 0.717) is 17.9 Å². The lowest BCUT2D eigenvalue weighted by molar-refractivity contribution is -0.156. The fourth-order valence-corrected chi connectivity index (χ4v) is 4.27. The first kappa shape index (κ1) is 23.8. The highest BCUT2D eigenvalue weighted by atomic mass is 19.4. The van der Waals surface area contributed by atoms with Crippen molar-refractivity contribution in [1.82, 2.24) is 0 Å². The van der Waals surface area contributed by atoms with E-state index in [1.165, 1.54) is 19.2 Å². The molecule has 2 aliphatic rings. The van der Waals surface area contributed by atoms with Crippen LogP contribution in [0.5, 0.6) is 5.75 Å². The number of hydrogen-bond donors (Lipinski definition) is 3. The zero-order chi connectivity index (χ0) is 24.5. The number of rotatable bonds is 5. The van der Waals surface area contributed by atoms with Gasteiger partial charge in [0.2, 0.25) is 0 Å². The lowest BCUT2D eigenvalue weighted by atomic mass is 9.84. The van der Waals surface area contributed by atoms with Gasteiger partial charge in [0.25, 0.3) is 0 Å². The third-order valence-electron chi connectivity index (χ3n) is 5.85. The van der Waals surface area contributed by atoms with Gasteiger partial charge >= 0.3 is 18.2 Å². The van der Waals surface area contributed by atoms with Crippen molar-refractivity contribution in [3.05, 3.63) is 53.6 Å². The minimum absolute atomic E-state index is 0.0407. The number of aliphatic hydroxyl groups excluding tert-OH is 1. The van der Waals surface area contributed by atoms with Crippen molar-refractivity contribution in [2.45, 2.75) is 43.2 Å². The van der Waals surface area contributed by atoms with Crippen molar-refractivity contribution < 1.29 is 42.1 Å². The van der Waals surface area contributed by atoms with Crippen molar-refractivity contribution in [1.29, 1.82) is 0 Å². The molecule has 0 aliphatic carbocycles. The number of alkyl halides is 3. The van der Waals surface area contributed by atoms with Gasteiger partial charge in [0.05, 0.1) is 31.8 Å². The molecule has 0 saturated carbocycles. The molecular weight excluding hydrogens is 457 g/mol. The highest BCUT2D eigenvalue weighted by Crippen LogP contribution is 2.47. The molecule has 8 nitrogen and oxygen atoms in total. The Balaban J connectivity index is 1.45. The molecule has 11 heteroatoms. The second-order valence-corrected chi connectivity index (χ2v) is 8.09. The third kappa shape index (κ3) is 5.10. The number of anilines is 2. The van der Waals surface area contributed by atoms with Crippen LogP contribution in [0.15, 0.2) is 42.5 Å². The van der Waals surface area contributed by atoms with Crippen molar-refractivity contribution in [3.63, 3.8) is 0 Å². The van der Waals surface area contributed by atoms with Crippen LogP contribution in [0.25, 0.3) is 0 Å². The van der Waals surface area contributed by atoms with Crippen LogP contribution in [-0.2, 0) is 20.4 Å². The Kier molecular flexibility index (Phi) is 6.67. The monoisotopic (exact) mass is 480 g/mol. The molecule has 34 heavy (non-hydrogen) atoms. The maximum absolute atomic E-state index is 12.7. The minimum atomic E-state index is -4.46. The molecule has 4 rings (SSSR count). The van der Waals surface area contributed by atoms with E-state index in [1.807, 2.05) is 0 Å². The minimum Gasteiger partial charge on any atom is -0.487 e. The molecule has 2 aromatic rings. The van der Waals surface area contributed by atoms with Crippen LogP contribution in [0.3, 0.4) is 0 Å². The lowest BCUT2D eigenvalue weighted by Crippen LogP contribution is -2.46. The summed E-state index contributed by atoms with van der Waals surface area (Å²) < 4.78 is 54.6. The van der Waals surface area contributed by atoms with E-state index in [9.17, 15) is 27.9 Å². The number of esters is 1. The van der Waals surface area contributed by atoms with Gasteiger partial charge in [-0.15, -0.1) is 0 Å². The molecule has 2 aromatic carbocycles. The normalized spacial score (nSPS) is 23.3. The quantitative estimate of drug-likeness (QED) is 0.561. The summed E-state index contributed by atoms with van der Waals surface area (Å²) in [5.41, 5.74) is 0.642. The van der Waals surface area contributed by atoms with E-state index in [-0.39, 0.29) is 24.6 Å². The van der Waals surface area contributed by atoms with E-state index >= 15 is 0 Å². The number of benzene rings is 2. The van der Waals surface area contributed by atoms with Crippen LogP contribution < -0.4 is 15.4 Å². The van der Waals surface area contributed by atoms with Crippen molar-refractivity contribution >= 4 is 23.4 Å². The maximum atomic E-state index is 12.7. The van der Waals surface area contributed by atoms with E-state index < -0.39 is 42.1 Å². The molecular formula is C23H23F3N2O6. The number of carbonyl (C=O) groups is 2. The summed E-state index contributed by atoms with van der Waals surface area (Å²) in [6.45, 7) is -0.284. The Morgan fingerprint density at radius 1 is 1.12 bits per heavy atom. The molecule has 0 aromatic heterocycles. The average Bonchev–Trinajstić information content (AvgIpc) is 3.16. The highest BCUT2D eigenvalue weighted by Gasteiger charge is 2.46. The number of aliphatic hydroxyl groups is 1. The van der Waals surface area contributed by atoms with E-state index in [1.54, 1.807) is 18.2 Å². The summed E-state index contributed by atoms with van der Waals surface area (Å²) in [5.74, 6) is -0.00520. The third-order valence-corrected chi connectivity index (χ3v) is 5.85. The Labute approximate surface area is 193 Å². The predicted octanol–water partition coefficient (Wildman–Crippen LogP) is 3.91. The van der Waals surface area contributed by atoms with Crippen molar-refractivity contribution in [3.8, 4) is 5.75 Å². The fourth-order valence-electron chi connectivity index (χ4n) is 4.27. The zero-order valence-electron chi connectivity index (χ0n) is 18.1. The number of nitrogens with one attached hydrogen (secondary N) is 2. The summed E-state index contributed by atoms with van der Waals surface area (Å²) in [6, 6.07) is 8.53. The van der Waals surface area contributed by atoms with Crippen LogP contribution in [0.4, 0.5) is 29.3 Å². The molecule has 4 atom stereocenters. The Morgan fingerprint density at radius 3 is 2.44 bits per heavy atom. The molecule has 0 spiro atoms. The Morgan fingerprint density at radius 2 is 1.79 bits per heavy atom. The first-order chi connectivity index (χ1) is 16.2. The second-order valence-electron chi connectivity index (χ2n) is 8.09. The zero-order valence-corrected chi connectivity index (χ0v) is 18.1. The van der Waals surface area contributed by atoms with Gasteiger partial charge in [-0.05, 0) is 48.9 Å². The fraction of sp³-hybridized carbons (Fsp3) is 0.391. The molecule has 1 saturated heterocycles. The van der Waals surface area contributed by atoms with Crippen LogP contribution in [0.2, 0.25) is 0 Å². The second kappa shape index (κ2) is 9.51. The molecule has 2 aliphatic heterocycles. The number of fused-ring (bicyclic) bond motifs is 3. The van der Waals surface area contributed by atoms with Gasteiger partial charge in [0, 0.05) is 22.9 Å². The highest BCUT2D eigenvalue weighted by molar-refractivity contribution is 5.99. The topological polar surface area (TPSA) is 106 Å². The number of amides is 2. The number of hydrogen-bond acceptors (Lipinski definition) is 6. The number of urea groups is 1. The lowest BCUT2D eigenvalue weighted by Gasteiger charge is -2.36. The summed E-state index contributed by atoms with van der Waals surface area (Å²) in [6.07, 6.45) is -5.48. The molecule has 2 amide bonds. The van der Waals surface area contributed by atoms with Crippen molar-refractivity contribution in [2.24, 2.45) is 0 Å². The first-order valence-electron chi connectivity index (χ1n) is 10.6. The van der Waals surface area contributed by atoms with Gasteiger partial charge in [0.1, 0.15) is 18.0 Å². The van der Waals surface area contributed by atoms with E-state index in [2.05, 4.69) is 10.6 Å². The van der Waals surface area contributed by atoms with Gasteiger partial charge in [0.15, 0.2) is 0 Å². The summed E-state index contributed by atoms with van der Waals surface area (Å²) in [5, 5.41) is 14.9. The smallest absolute Gasteiger partial charge is 0.416 e. The van der Waals surface area contributed by atoms with Gasteiger partial charge in [-0.25, -0.2) is 4.79 Å². The van der Waals surface area contributed by atoms with Crippen LogP contribution in [-0.4, -0.2) is 49.1 Å². The van der Waals surface area contributed by atoms with Gasteiger partial charge in [-0.3, -0.25) is 4.79 Å². The van der Waals surface area contributed by atoms with E-state index in [4.69, 9.17) is 14.2 Å². The maximum Gasteiger partial charge on any atom is 0.416 e. The number of halogens is 3. The molecule has 2 heterocycles. The average molecular weight is 480 g/mol. The van der Waals surface area contributed by atoms with Crippen LogP contribution in [0, 0.1) is 0 Å². The van der Waals surface area contributed by atoms with Gasteiger partial charge in [-0.1, -0.05) is 0 Å². The number of methoxy groups -OCH3 is 1. The number of ether oxygens (including phenoxy) is 3. The molecule has 182 valence electrons. The Bertz CT molecular complexity index is 1060. The number of carbonyl (C=O) groups excluding carboxylic acids is 2. The van der Waals surface area contributed by atoms with Crippen LogP contribution >= 0.6 is 0 Å². The SMILES string of the molecule is COC(=O)C[C@H]1C[C@H]2c3cc(NC(=O)Nc4ccc(C(F)(F)F)cc4)ccc3O[C@H]2[C@@H](CO)O1. The summed E-state index contributed by atoms with van der Waals surface area (Å²) >= 11 is 0. The Hall–Kier alpha value is -3.31. The standard InChI is InChI=1S/C23H23F3N2O6/c1-32-20(30)10-15-9-17-16-8-14(6-7-18(16)34-21(17)19(11-29)33-15)28-22(31)27-13-4-2-12(3-5-13)23(24,25)26/h2-8,15,17,19,21,29H,9-11H2,1H3,(H2,27,28,31)/t15-,17+,19-,21-/m1/s1. The summed E-state index contributed by atoms with van der Waals surface area (Å²) in [7, 11) is 1.29. The van der Waals surface area contributed by atoms with Gasteiger partial charge < -0.3 is 30.0 Å². The largest absolute Gasteiger partial charge is 0.487 e. The summed E-state index contributed by atoms with van der Waals surface area (Å²) in [4.78, 5) is 24.1. The molecule has 3 N–H and O–H groups in total. The van der Waals surface area contributed by atoms with Crippen molar-refractivity contribution in [2.75, 3.05) is 24.4 Å². The van der Waals surface area contributed by atoms with E-state index in [0.717, 1.165) is 17.7 Å². The van der Waals surface area contributed by atoms with Crippen LogP contribution in [0.1, 0.15) is 29.9 Å². The van der Waals surface area contributed by atoms with Gasteiger partial charge in [-0.2, -0.15) is 13.2 Å².